The van der Waals surface area contributed by atoms with E-state index in [0.29, 0.717) is 5.91 Å². The molecule has 0 aromatic heterocycles. The molecule has 3 heteroatoms. The number of amides is 1. The van der Waals surface area contributed by atoms with E-state index in [0.717, 1.165) is 50.5 Å². The van der Waals surface area contributed by atoms with E-state index in [1.165, 1.54) is 12.8 Å². The van der Waals surface area contributed by atoms with Gasteiger partial charge >= 0.3 is 0 Å². The van der Waals surface area contributed by atoms with Gasteiger partial charge in [-0.05, 0) is 25.7 Å². The Morgan fingerprint density at radius 1 is 1.24 bits per heavy atom. The molecule has 0 spiro atoms. The van der Waals surface area contributed by atoms with Gasteiger partial charge in [-0.2, -0.15) is 0 Å². The topological polar surface area (TPSA) is 20.3 Å². The third kappa shape index (κ3) is 3.70. The summed E-state index contributed by atoms with van der Waals surface area (Å²) in [6, 6.07) is 0. The summed E-state index contributed by atoms with van der Waals surface area (Å²) in [5, 5.41) is 0.891. The normalized spacial score (nSPS) is 18.3. The Morgan fingerprint density at radius 3 is 2.35 bits per heavy atom. The summed E-state index contributed by atoms with van der Waals surface area (Å²) in [6.45, 7) is 6.15. The van der Waals surface area contributed by atoms with Crippen molar-refractivity contribution in [2.75, 3.05) is 18.4 Å². The van der Waals surface area contributed by atoms with Gasteiger partial charge in [0.15, 0.2) is 0 Å². The fourth-order valence-electron chi connectivity index (χ4n) is 2.87. The summed E-state index contributed by atoms with van der Waals surface area (Å²) in [7, 11) is 0. The van der Waals surface area contributed by atoms with Gasteiger partial charge in [-0.15, -0.1) is 0 Å². The van der Waals surface area contributed by atoms with Crippen molar-refractivity contribution < 1.29 is 4.79 Å². The molecule has 1 aliphatic rings. The Kier molecular flexibility index (Phi) is 6.53. The third-order valence-corrected chi connectivity index (χ3v) is 4.47. The van der Waals surface area contributed by atoms with Crippen LogP contribution in [0.2, 0.25) is 0 Å². The minimum absolute atomic E-state index is 0.0179. The number of halogens is 1. The molecule has 2 nitrogen and oxygen atoms in total. The van der Waals surface area contributed by atoms with Gasteiger partial charge in [0.05, 0.1) is 0 Å². The molecule has 1 rings (SSSR count). The van der Waals surface area contributed by atoms with E-state index in [-0.39, 0.29) is 5.41 Å². The van der Waals surface area contributed by atoms with Crippen molar-refractivity contribution in [2.24, 2.45) is 5.41 Å². The van der Waals surface area contributed by atoms with Crippen LogP contribution in [0.3, 0.4) is 0 Å². The first-order valence-electron chi connectivity index (χ1n) is 7.05. The maximum absolute atomic E-state index is 12.7. The van der Waals surface area contributed by atoms with Crippen LogP contribution in [0.25, 0.3) is 0 Å². The monoisotopic (exact) mass is 303 g/mol. The third-order valence-electron chi connectivity index (χ3n) is 4.11. The molecule has 0 saturated heterocycles. The van der Waals surface area contributed by atoms with E-state index in [1.54, 1.807) is 0 Å². The van der Waals surface area contributed by atoms with Gasteiger partial charge in [-0.3, -0.25) is 4.79 Å². The van der Waals surface area contributed by atoms with Crippen LogP contribution >= 0.6 is 15.9 Å². The average molecular weight is 304 g/mol. The van der Waals surface area contributed by atoms with Crippen LogP contribution in [0.1, 0.15) is 58.8 Å². The lowest BCUT2D eigenvalue weighted by Crippen LogP contribution is -2.43. The Bertz CT molecular complexity index is 236. The second kappa shape index (κ2) is 7.40. The molecule has 0 heterocycles. The van der Waals surface area contributed by atoms with Crippen molar-refractivity contribution in [3.63, 3.8) is 0 Å². The summed E-state index contributed by atoms with van der Waals surface area (Å²) in [4.78, 5) is 14.8. The minimum atomic E-state index is -0.0179. The SMILES string of the molecule is CCCCN(CCBr)C(=O)C1(CC)CCCC1. The van der Waals surface area contributed by atoms with Crippen LogP contribution in [0.15, 0.2) is 0 Å². The molecule has 1 amide bonds. The predicted octanol–water partition coefficient (Wildman–Crippen LogP) is 3.98. The van der Waals surface area contributed by atoms with Gasteiger partial charge in [0.1, 0.15) is 0 Å². The summed E-state index contributed by atoms with van der Waals surface area (Å²) in [6.07, 6.45) is 7.96. The van der Waals surface area contributed by atoms with E-state index >= 15 is 0 Å². The molecule has 1 fully saturated rings. The van der Waals surface area contributed by atoms with Gasteiger partial charge < -0.3 is 4.90 Å². The fraction of sp³-hybridized carbons (Fsp3) is 0.929. The van der Waals surface area contributed by atoms with E-state index in [2.05, 4.69) is 34.7 Å². The molecule has 0 aromatic rings. The van der Waals surface area contributed by atoms with Gasteiger partial charge in [0.2, 0.25) is 5.91 Å². The summed E-state index contributed by atoms with van der Waals surface area (Å²) in [5.74, 6) is 0.422. The number of carbonyl (C=O) groups is 1. The van der Waals surface area contributed by atoms with Gasteiger partial charge in [0.25, 0.3) is 0 Å². The maximum Gasteiger partial charge on any atom is 0.228 e. The van der Waals surface area contributed by atoms with Crippen LogP contribution in [-0.4, -0.2) is 29.2 Å². The highest BCUT2D eigenvalue weighted by molar-refractivity contribution is 9.09. The largest absolute Gasteiger partial charge is 0.341 e. The molecule has 0 unspecified atom stereocenters. The van der Waals surface area contributed by atoms with Crippen LogP contribution in [0.4, 0.5) is 0 Å². The van der Waals surface area contributed by atoms with Crippen molar-refractivity contribution in [2.45, 2.75) is 58.8 Å². The van der Waals surface area contributed by atoms with Gasteiger partial charge in [-0.25, -0.2) is 0 Å². The Morgan fingerprint density at radius 2 is 1.88 bits per heavy atom. The number of rotatable bonds is 7. The van der Waals surface area contributed by atoms with Gasteiger partial charge in [0, 0.05) is 23.8 Å². The molecule has 1 saturated carbocycles. The Hall–Kier alpha value is -0.0500. The average Bonchev–Trinajstić information content (AvgIpc) is 2.83. The van der Waals surface area contributed by atoms with E-state index in [4.69, 9.17) is 0 Å². The molecule has 1 aliphatic carbocycles. The molecule has 100 valence electrons. The molecule has 0 atom stereocenters. The van der Waals surface area contributed by atoms with E-state index in [1.807, 2.05) is 0 Å². The van der Waals surface area contributed by atoms with Crippen LogP contribution in [0.5, 0.6) is 0 Å². The summed E-state index contributed by atoms with van der Waals surface area (Å²) < 4.78 is 0. The second-order valence-electron chi connectivity index (χ2n) is 5.18. The molecule has 0 bridgehead atoms. The van der Waals surface area contributed by atoms with E-state index < -0.39 is 0 Å². The first kappa shape index (κ1) is 15.0. The standard InChI is InChI=1S/C14H26BrNO/c1-3-5-11-16(12-10-15)13(17)14(4-2)8-6-7-9-14/h3-12H2,1-2H3. The smallest absolute Gasteiger partial charge is 0.228 e. The zero-order chi connectivity index (χ0) is 12.7. The molecule has 0 radical (unpaired) electrons. The quantitative estimate of drug-likeness (QED) is 0.651. The minimum Gasteiger partial charge on any atom is -0.341 e. The Labute approximate surface area is 114 Å². The molecular weight excluding hydrogens is 278 g/mol. The first-order valence-corrected chi connectivity index (χ1v) is 8.17. The highest BCUT2D eigenvalue weighted by atomic mass is 79.9. The zero-order valence-corrected chi connectivity index (χ0v) is 12.9. The van der Waals surface area contributed by atoms with E-state index in [9.17, 15) is 4.79 Å². The Balaban J connectivity index is 2.67. The lowest BCUT2D eigenvalue weighted by atomic mass is 9.82. The summed E-state index contributed by atoms with van der Waals surface area (Å²) in [5.41, 5.74) is -0.0179. The van der Waals surface area contributed by atoms with Crippen molar-refractivity contribution in [1.29, 1.82) is 0 Å². The molecule has 0 aromatic carbocycles. The maximum atomic E-state index is 12.7. The van der Waals surface area contributed by atoms with Crippen molar-refractivity contribution >= 4 is 21.8 Å². The van der Waals surface area contributed by atoms with Crippen LogP contribution in [0, 0.1) is 5.41 Å². The van der Waals surface area contributed by atoms with Crippen molar-refractivity contribution in [3.8, 4) is 0 Å². The lowest BCUT2D eigenvalue weighted by Gasteiger charge is -2.33. The molecule has 17 heavy (non-hydrogen) atoms. The fourth-order valence-corrected chi connectivity index (χ4v) is 3.30. The number of hydrogen-bond donors (Lipinski definition) is 0. The zero-order valence-electron chi connectivity index (χ0n) is 11.3. The highest BCUT2D eigenvalue weighted by Crippen LogP contribution is 2.42. The summed E-state index contributed by atoms with van der Waals surface area (Å²) >= 11 is 3.46. The van der Waals surface area contributed by atoms with Crippen LogP contribution in [-0.2, 0) is 4.79 Å². The molecular formula is C14H26BrNO. The first-order chi connectivity index (χ1) is 8.20. The van der Waals surface area contributed by atoms with Gasteiger partial charge in [-0.1, -0.05) is 49.0 Å². The number of nitrogens with zero attached hydrogens (tertiary/aromatic N) is 1. The lowest BCUT2D eigenvalue weighted by molar-refractivity contribution is -0.142. The van der Waals surface area contributed by atoms with Crippen LogP contribution < -0.4 is 0 Å². The van der Waals surface area contributed by atoms with Crippen molar-refractivity contribution in [1.82, 2.24) is 4.90 Å². The van der Waals surface area contributed by atoms with Crippen molar-refractivity contribution in [3.05, 3.63) is 0 Å². The molecule has 0 aliphatic heterocycles. The highest BCUT2D eigenvalue weighted by Gasteiger charge is 2.41. The molecule has 0 N–H and O–H groups in total. The number of unbranched alkanes of at least 4 members (excludes halogenated alkanes) is 1. The predicted molar refractivity (Wildman–Crippen MR) is 76.5 cm³/mol. The number of carbonyl (C=O) groups excluding carboxylic acids is 1. The second-order valence-corrected chi connectivity index (χ2v) is 5.97. The number of alkyl halides is 1. The number of hydrogen-bond acceptors (Lipinski definition) is 1.